The highest BCUT2D eigenvalue weighted by atomic mass is 32.2. The van der Waals surface area contributed by atoms with E-state index in [1.807, 2.05) is 30.3 Å². The summed E-state index contributed by atoms with van der Waals surface area (Å²) in [5, 5.41) is 8.68. The summed E-state index contributed by atoms with van der Waals surface area (Å²) in [5.74, 6) is 0.799. The van der Waals surface area contributed by atoms with Gasteiger partial charge in [-0.1, -0.05) is 42.5 Å². The molecule has 2 aliphatic rings. The lowest BCUT2D eigenvalue weighted by molar-refractivity contribution is -0.137. The molecule has 2 saturated carbocycles. The van der Waals surface area contributed by atoms with Crippen molar-refractivity contribution in [3.05, 3.63) is 48.0 Å². The van der Waals surface area contributed by atoms with E-state index >= 15 is 0 Å². The number of hydrogen-bond acceptors (Lipinski definition) is 3. The zero-order valence-electron chi connectivity index (χ0n) is 16.3. The summed E-state index contributed by atoms with van der Waals surface area (Å²) in [6, 6.07) is 9.78. The first-order valence-electron chi connectivity index (χ1n) is 10.4. The molecule has 28 heavy (non-hydrogen) atoms. The van der Waals surface area contributed by atoms with Gasteiger partial charge in [0.25, 0.3) is 0 Å². The van der Waals surface area contributed by atoms with Gasteiger partial charge in [-0.3, -0.25) is 4.79 Å². The van der Waals surface area contributed by atoms with Gasteiger partial charge < -0.3 is 5.11 Å². The fraction of sp³-hybridized carbons (Fsp3) is 0.591. The number of carboxylic acids is 1. The third-order valence-electron chi connectivity index (χ3n) is 6.24. The van der Waals surface area contributed by atoms with Crippen LogP contribution < -0.4 is 4.72 Å². The molecule has 4 unspecified atom stereocenters. The molecule has 154 valence electrons. The molecule has 2 N–H and O–H groups in total. The molecule has 0 spiro atoms. The number of aryl methyl sites for hydroxylation is 1. The Hall–Kier alpha value is -1.66. The number of aliphatic carboxylic acids is 1. The molecule has 0 heterocycles. The van der Waals surface area contributed by atoms with Crippen molar-refractivity contribution in [3.8, 4) is 0 Å². The predicted molar refractivity (Wildman–Crippen MR) is 110 cm³/mol. The number of unbranched alkanes of at least 4 members (excludes halogenated alkanes) is 1. The largest absolute Gasteiger partial charge is 0.481 e. The minimum absolute atomic E-state index is 0.0446. The number of allylic oxidation sites excluding steroid dienone is 2. The van der Waals surface area contributed by atoms with Gasteiger partial charge in [-0.15, -0.1) is 0 Å². The van der Waals surface area contributed by atoms with E-state index in [9.17, 15) is 13.2 Å². The summed E-state index contributed by atoms with van der Waals surface area (Å²) in [4.78, 5) is 10.6. The molecule has 2 fully saturated rings. The van der Waals surface area contributed by atoms with Gasteiger partial charge in [-0.25, -0.2) is 13.1 Å². The minimum Gasteiger partial charge on any atom is -0.481 e. The Bertz CT molecular complexity index is 775. The molecule has 0 aliphatic heterocycles. The second-order valence-corrected chi connectivity index (χ2v) is 10.1. The highest BCUT2D eigenvalue weighted by molar-refractivity contribution is 7.89. The van der Waals surface area contributed by atoms with Crippen LogP contribution in [0.3, 0.4) is 0 Å². The minimum atomic E-state index is -3.31. The lowest BCUT2D eigenvalue weighted by atomic mass is 9.83. The fourth-order valence-electron chi connectivity index (χ4n) is 4.84. The lowest BCUT2D eigenvalue weighted by Crippen LogP contribution is -2.44. The van der Waals surface area contributed by atoms with Crippen LogP contribution in [0.4, 0.5) is 0 Å². The standard InChI is InChI=1S/C22H31NO4S/c24-21(25)11-7-2-1-6-10-20-18-12-13-19(16-18)22(20)23-28(26,27)15-14-17-8-4-3-5-9-17/h1,3-6,8-9,18-20,22-23H,2,7,10-16H2,(H,24,25). The molecule has 6 heteroatoms. The normalized spacial score (nSPS) is 26.9. The number of benzene rings is 1. The monoisotopic (exact) mass is 405 g/mol. The summed E-state index contributed by atoms with van der Waals surface area (Å²) in [7, 11) is -3.31. The van der Waals surface area contributed by atoms with Gasteiger partial charge in [0, 0.05) is 12.5 Å². The molecule has 2 bridgehead atoms. The Labute approximate surface area is 168 Å². The number of rotatable bonds is 11. The molecule has 0 aromatic heterocycles. The topological polar surface area (TPSA) is 83.5 Å². The van der Waals surface area contributed by atoms with E-state index in [4.69, 9.17) is 5.11 Å². The van der Waals surface area contributed by atoms with Gasteiger partial charge >= 0.3 is 5.97 Å². The van der Waals surface area contributed by atoms with Crippen LogP contribution in [0.25, 0.3) is 0 Å². The molecule has 5 nitrogen and oxygen atoms in total. The Kier molecular flexibility index (Phi) is 7.30. The van der Waals surface area contributed by atoms with Crippen LogP contribution in [0.15, 0.2) is 42.5 Å². The SMILES string of the molecule is O=C(O)CCCC=CCC1C2CCC(C2)C1NS(=O)(=O)CCc1ccccc1. The zero-order valence-corrected chi connectivity index (χ0v) is 17.1. The van der Waals surface area contributed by atoms with E-state index in [0.29, 0.717) is 30.6 Å². The summed E-state index contributed by atoms with van der Waals surface area (Å²) in [6.45, 7) is 0. The van der Waals surface area contributed by atoms with Gasteiger partial charge in [-0.05, 0) is 68.3 Å². The van der Waals surface area contributed by atoms with Crippen molar-refractivity contribution < 1.29 is 18.3 Å². The van der Waals surface area contributed by atoms with Crippen LogP contribution >= 0.6 is 0 Å². The van der Waals surface area contributed by atoms with Crippen LogP contribution in [0.2, 0.25) is 0 Å². The van der Waals surface area contributed by atoms with Crippen molar-refractivity contribution in [2.75, 3.05) is 5.75 Å². The first-order valence-corrected chi connectivity index (χ1v) is 12.0. The number of carboxylic acid groups (broad SMARTS) is 1. The molecular formula is C22H31NO4S. The maximum Gasteiger partial charge on any atom is 0.303 e. The maximum absolute atomic E-state index is 12.7. The molecule has 1 aromatic carbocycles. The average Bonchev–Trinajstić information content (AvgIpc) is 3.26. The third-order valence-corrected chi connectivity index (χ3v) is 7.62. The molecule has 0 radical (unpaired) electrons. The Morgan fingerprint density at radius 2 is 1.89 bits per heavy atom. The number of hydrogen-bond donors (Lipinski definition) is 2. The molecule has 0 amide bonds. The maximum atomic E-state index is 12.7. The van der Waals surface area contributed by atoms with Crippen LogP contribution in [0, 0.1) is 17.8 Å². The Morgan fingerprint density at radius 1 is 1.14 bits per heavy atom. The summed E-state index contributed by atoms with van der Waals surface area (Å²) >= 11 is 0. The number of carbonyl (C=O) groups is 1. The molecule has 3 rings (SSSR count). The smallest absolute Gasteiger partial charge is 0.303 e. The van der Waals surface area contributed by atoms with E-state index in [1.165, 1.54) is 6.42 Å². The van der Waals surface area contributed by atoms with Crippen molar-refractivity contribution in [3.63, 3.8) is 0 Å². The van der Waals surface area contributed by atoms with Crippen molar-refractivity contribution in [1.82, 2.24) is 4.72 Å². The number of nitrogens with one attached hydrogen (secondary N) is 1. The van der Waals surface area contributed by atoms with E-state index in [2.05, 4.69) is 16.9 Å². The van der Waals surface area contributed by atoms with Crippen LogP contribution in [0.5, 0.6) is 0 Å². The summed E-state index contributed by atoms with van der Waals surface area (Å²) in [5.41, 5.74) is 1.04. The van der Waals surface area contributed by atoms with E-state index in [1.54, 1.807) is 0 Å². The fourth-order valence-corrected chi connectivity index (χ4v) is 6.24. The second kappa shape index (κ2) is 9.70. The second-order valence-electron chi connectivity index (χ2n) is 8.19. The predicted octanol–water partition coefficient (Wildman–Crippen LogP) is 3.76. The van der Waals surface area contributed by atoms with Gasteiger partial charge in [0.1, 0.15) is 0 Å². The van der Waals surface area contributed by atoms with Crippen LogP contribution in [-0.4, -0.2) is 31.3 Å². The van der Waals surface area contributed by atoms with E-state index in [-0.39, 0.29) is 18.2 Å². The van der Waals surface area contributed by atoms with E-state index in [0.717, 1.165) is 31.2 Å². The van der Waals surface area contributed by atoms with Crippen molar-refractivity contribution in [2.24, 2.45) is 17.8 Å². The van der Waals surface area contributed by atoms with Gasteiger partial charge in [0.15, 0.2) is 0 Å². The van der Waals surface area contributed by atoms with Crippen molar-refractivity contribution >= 4 is 16.0 Å². The summed E-state index contributed by atoms with van der Waals surface area (Å²) < 4.78 is 28.4. The average molecular weight is 406 g/mol. The highest BCUT2D eigenvalue weighted by Crippen LogP contribution is 2.50. The van der Waals surface area contributed by atoms with E-state index < -0.39 is 16.0 Å². The molecule has 1 aromatic rings. The van der Waals surface area contributed by atoms with Crippen molar-refractivity contribution in [1.29, 1.82) is 0 Å². The van der Waals surface area contributed by atoms with Gasteiger partial charge in [0.05, 0.1) is 5.75 Å². The van der Waals surface area contributed by atoms with Crippen molar-refractivity contribution in [2.45, 2.75) is 57.4 Å². The molecule has 0 saturated heterocycles. The summed E-state index contributed by atoms with van der Waals surface area (Å²) in [6.07, 6.45) is 10.6. The lowest BCUT2D eigenvalue weighted by Gasteiger charge is -2.31. The Morgan fingerprint density at radius 3 is 2.64 bits per heavy atom. The first-order chi connectivity index (χ1) is 13.4. The molecule has 4 atom stereocenters. The van der Waals surface area contributed by atoms with Gasteiger partial charge in [0.2, 0.25) is 10.0 Å². The quantitative estimate of drug-likeness (QED) is 0.434. The number of fused-ring (bicyclic) bond motifs is 2. The van der Waals surface area contributed by atoms with Crippen LogP contribution in [0.1, 0.15) is 50.5 Å². The highest BCUT2D eigenvalue weighted by Gasteiger charge is 2.47. The zero-order chi connectivity index (χ0) is 20.0. The first kappa shape index (κ1) is 21.1. The number of sulfonamides is 1. The van der Waals surface area contributed by atoms with Gasteiger partial charge in [-0.2, -0.15) is 0 Å². The molecular weight excluding hydrogens is 374 g/mol. The third kappa shape index (κ3) is 5.92. The Balaban J connectivity index is 1.52. The van der Waals surface area contributed by atoms with Crippen LogP contribution in [-0.2, 0) is 21.2 Å². The molecule has 2 aliphatic carbocycles.